The SMILES string of the molecule is O=C(COC(=O)c1ccc2nc[nH]c2c1)Nc1ccc2ccccc2c1. The number of imidazole rings is 1. The Kier molecular flexibility index (Phi) is 4.07. The maximum absolute atomic E-state index is 12.1. The minimum absolute atomic E-state index is 0.354. The molecule has 4 aromatic rings. The Morgan fingerprint density at radius 3 is 2.73 bits per heavy atom. The molecule has 26 heavy (non-hydrogen) atoms. The molecule has 1 amide bonds. The number of hydrogen-bond acceptors (Lipinski definition) is 4. The second-order valence-corrected chi connectivity index (χ2v) is 5.82. The highest BCUT2D eigenvalue weighted by Crippen LogP contribution is 2.19. The molecule has 0 spiro atoms. The number of nitrogens with one attached hydrogen (secondary N) is 2. The van der Waals surface area contributed by atoms with Gasteiger partial charge in [-0.05, 0) is 41.1 Å². The predicted octanol–water partition coefficient (Wildman–Crippen LogP) is 3.51. The zero-order valence-electron chi connectivity index (χ0n) is 13.7. The van der Waals surface area contributed by atoms with E-state index in [-0.39, 0.29) is 6.61 Å². The van der Waals surface area contributed by atoms with Crippen molar-refractivity contribution < 1.29 is 14.3 Å². The van der Waals surface area contributed by atoms with Crippen molar-refractivity contribution in [2.45, 2.75) is 0 Å². The van der Waals surface area contributed by atoms with Gasteiger partial charge in [0.25, 0.3) is 5.91 Å². The highest BCUT2D eigenvalue weighted by atomic mass is 16.5. The van der Waals surface area contributed by atoms with Crippen molar-refractivity contribution in [3.05, 3.63) is 72.6 Å². The van der Waals surface area contributed by atoms with Gasteiger partial charge in [0.05, 0.1) is 22.9 Å². The fraction of sp³-hybridized carbons (Fsp3) is 0.0500. The average molecular weight is 345 g/mol. The molecule has 6 nitrogen and oxygen atoms in total. The largest absolute Gasteiger partial charge is 0.452 e. The van der Waals surface area contributed by atoms with Gasteiger partial charge in [-0.25, -0.2) is 9.78 Å². The first-order valence-electron chi connectivity index (χ1n) is 8.08. The van der Waals surface area contributed by atoms with Crippen LogP contribution >= 0.6 is 0 Å². The topological polar surface area (TPSA) is 84.1 Å². The highest BCUT2D eigenvalue weighted by molar-refractivity contribution is 5.98. The van der Waals surface area contributed by atoms with E-state index >= 15 is 0 Å². The molecule has 0 unspecified atom stereocenters. The third-order valence-electron chi connectivity index (χ3n) is 4.02. The molecule has 2 N–H and O–H groups in total. The van der Waals surface area contributed by atoms with Gasteiger partial charge >= 0.3 is 5.97 Å². The van der Waals surface area contributed by atoms with E-state index in [4.69, 9.17) is 4.74 Å². The molecular weight excluding hydrogens is 330 g/mol. The lowest BCUT2D eigenvalue weighted by Crippen LogP contribution is -2.20. The van der Waals surface area contributed by atoms with Gasteiger partial charge in [0.2, 0.25) is 0 Å². The van der Waals surface area contributed by atoms with Crippen molar-refractivity contribution in [3.8, 4) is 0 Å². The Balaban J connectivity index is 1.38. The summed E-state index contributed by atoms with van der Waals surface area (Å²) in [6, 6.07) is 18.5. The third-order valence-corrected chi connectivity index (χ3v) is 4.02. The number of H-pyrrole nitrogens is 1. The molecule has 0 saturated carbocycles. The van der Waals surface area contributed by atoms with Gasteiger partial charge in [0, 0.05) is 5.69 Å². The Labute approximate surface area is 148 Å². The number of amides is 1. The molecule has 1 heterocycles. The second kappa shape index (κ2) is 6.68. The zero-order chi connectivity index (χ0) is 17.9. The number of fused-ring (bicyclic) bond motifs is 2. The van der Waals surface area contributed by atoms with Crippen molar-refractivity contribution >= 4 is 39.4 Å². The first-order valence-corrected chi connectivity index (χ1v) is 8.08. The Morgan fingerprint density at radius 2 is 1.85 bits per heavy atom. The van der Waals surface area contributed by atoms with Crippen LogP contribution < -0.4 is 5.32 Å². The van der Waals surface area contributed by atoms with Gasteiger partial charge in [0.1, 0.15) is 0 Å². The van der Waals surface area contributed by atoms with E-state index in [2.05, 4.69) is 15.3 Å². The monoisotopic (exact) mass is 345 g/mol. The molecule has 0 saturated heterocycles. The fourth-order valence-corrected chi connectivity index (χ4v) is 2.74. The van der Waals surface area contributed by atoms with Crippen LogP contribution in [-0.2, 0) is 9.53 Å². The molecule has 0 fully saturated rings. The number of benzene rings is 3. The Hall–Kier alpha value is -3.67. The Bertz CT molecular complexity index is 1120. The van der Waals surface area contributed by atoms with E-state index in [0.717, 1.165) is 21.8 Å². The van der Waals surface area contributed by atoms with Crippen molar-refractivity contribution in [1.82, 2.24) is 9.97 Å². The lowest BCUT2D eigenvalue weighted by Gasteiger charge is -2.08. The smallest absolute Gasteiger partial charge is 0.338 e. The molecule has 0 aliphatic heterocycles. The number of rotatable bonds is 4. The van der Waals surface area contributed by atoms with Crippen LogP contribution in [0.1, 0.15) is 10.4 Å². The summed E-state index contributed by atoms with van der Waals surface area (Å²) in [5.74, 6) is -0.952. The number of hydrogen-bond donors (Lipinski definition) is 2. The maximum atomic E-state index is 12.1. The predicted molar refractivity (Wildman–Crippen MR) is 99.0 cm³/mol. The van der Waals surface area contributed by atoms with E-state index in [1.807, 2.05) is 42.5 Å². The molecule has 1 aromatic heterocycles. The molecule has 0 aliphatic rings. The normalized spacial score (nSPS) is 10.8. The van der Waals surface area contributed by atoms with Gasteiger partial charge in [0.15, 0.2) is 6.61 Å². The fourth-order valence-electron chi connectivity index (χ4n) is 2.74. The number of carbonyl (C=O) groups is 2. The number of esters is 1. The number of ether oxygens (including phenoxy) is 1. The van der Waals surface area contributed by atoms with Gasteiger partial charge in [-0.3, -0.25) is 4.79 Å². The van der Waals surface area contributed by atoms with Gasteiger partial charge in [-0.2, -0.15) is 0 Å². The van der Waals surface area contributed by atoms with E-state index in [9.17, 15) is 9.59 Å². The van der Waals surface area contributed by atoms with Crippen molar-refractivity contribution in [2.75, 3.05) is 11.9 Å². The number of nitrogens with zero attached hydrogens (tertiary/aromatic N) is 1. The van der Waals surface area contributed by atoms with Gasteiger partial charge in [-0.1, -0.05) is 30.3 Å². The molecule has 6 heteroatoms. The highest BCUT2D eigenvalue weighted by Gasteiger charge is 2.12. The first-order chi connectivity index (χ1) is 12.7. The minimum Gasteiger partial charge on any atom is -0.452 e. The van der Waals surface area contributed by atoms with Gasteiger partial charge in [-0.15, -0.1) is 0 Å². The van der Waals surface area contributed by atoms with Crippen LogP contribution in [0.2, 0.25) is 0 Å². The zero-order valence-corrected chi connectivity index (χ0v) is 13.7. The molecular formula is C20H15N3O3. The quantitative estimate of drug-likeness (QED) is 0.554. The lowest BCUT2D eigenvalue weighted by molar-refractivity contribution is -0.119. The summed E-state index contributed by atoms with van der Waals surface area (Å²) in [4.78, 5) is 31.2. The second-order valence-electron chi connectivity index (χ2n) is 5.82. The third kappa shape index (κ3) is 3.25. The maximum Gasteiger partial charge on any atom is 0.338 e. The number of anilines is 1. The molecule has 0 bridgehead atoms. The summed E-state index contributed by atoms with van der Waals surface area (Å²) in [6.45, 7) is -0.354. The van der Waals surface area contributed by atoms with Crippen molar-refractivity contribution in [3.63, 3.8) is 0 Å². The van der Waals surface area contributed by atoms with Crippen LogP contribution in [0.3, 0.4) is 0 Å². The first kappa shape index (κ1) is 15.8. The van der Waals surface area contributed by atoms with Crippen LogP contribution in [0, 0.1) is 0 Å². The molecule has 4 rings (SSSR count). The molecule has 0 atom stereocenters. The van der Waals surface area contributed by atoms with Crippen molar-refractivity contribution in [2.24, 2.45) is 0 Å². The number of aromatic nitrogens is 2. The molecule has 0 aliphatic carbocycles. The van der Waals surface area contributed by atoms with E-state index in [0.29, 0.717) is 11.3 Å². The standard InChI is InChI=1S/C20H15N3O3/c24-19(23-16-7-5-13-3-1-2-4-14(13)9-16)11-26-20(25)15-6-8-17-18(10-15)22-12-21-17/h1-10,12H,11H2,(H,21,22)(H,23,24). The minimum atomic E-state index is -0.560. The summed E-state index contributed by atoms with van der Waals surface area (Å²) in [6.07, 6.45) is 1.55. The van der Waals surface area contributed by atoms with Crippen LogP contribution in [0.5, 0.6) is 0 Å². The summed E-state index contributed by atoms with van der Waals surface area (Å²) < 4.78 is 5.09. The van der Waals surface area contributed by atoms with E-state index in [1.54, 1.807) is 24.5 Å². The number of carbonyl (C=O) groups excluding carboxylic acids is 2. The van der Waals surface area contributed by atoms with E-state index in [1.165, 1.54) is 0 Å². The summed E-state index contributed by atoms with van der Waals surface area (Å²) in [5.41, 5.74) is 2.51. The van der Waals surface area contributed by atoms with Crippen LogP contribution in [0.15, 0.2) is 67.0 Å². The molecule has 0 radical (unpaired) electrons. The average Bonchev–Trinajstić information content (AvgIpc) is 3.14. The van der Waals surface area contributed by atoms with Gasteiger partial charge < -0.3 is 15.0 Å². The van der Waals surface area contributed by atoms with E-state index < -0.39 is 11.9 Å². The summed E-state index contributed by atoms with van der Waals surface area (Å²) in [7, 11) is 0. The summed E-state index contributed by atoms with van der Waals surface area (Å²) in [5, 5.41) is 4.85. The number of aromatic amines is 1. The molecule has 128 valence electrons. The lowest BCUT2D eigenvalue weighted by atomic mass is 10.1. The summed E-state index contributed by atoms with van der Waals surface area (Å²) >= 11 is 0. The van der Waals surface area contributed by atoms with Crippen molar-refractivity contribution in [1.29, 1.82) is 0 Å². The van der Waals surface area contributed by atoms with Crippen LogP contribution in [-0.4, -0.2) is 28.5 Å². The van der Waals surface area contributed by atoms with Crippen LogP contribution in [0.25, 0.3) is 21.8 Å². The molecule has 3 aromatic carbocycles. The Morgan fingerprint density at radius 1 is 1.00 bits per heavy atom. The van der Waals surface area contributed by atoms with Crippen LogP contribution in [0.4, 0.5) is 5.69 Å².